The highest BCUT2D eigenvalue weighted by Gasteiger charge is 2.30. The molecule has 3 heterocycles. The van der Waals surface area contributed by atoms with E-state index in [1.807, 2.05) is 36.1 Å². The number of hydrogen-bond donors (Lipinski definition) is 0. The van der Waals surface area contributed by atoms with Crippen molar-refractivity contribution in [1.29, 1.82) is 0 Å². The standard InChI is InChI=1S/C21H24N4O2S2/c1-14-22-23-21(29-14)28-13-17-16-4-2-3-5-18(16)27-19(17)20(26)25-10-8-24(9-11-25)12-15-6-7-15/h2-5,15H,6-13H2,1H3. The molecule has 3 aromatic rings. The number of carbonyl (C=O) groups is 1. The van der Waals surface area contributed by atoms with Crippen LogP contribution in [0.25, 0.3) is 11.0 Å². The molecular weight excluding hydrogens is 404 g/mol. The lowest BCUT2D eigenvalue weighted by Gasteiger charge is -2.34. The van der Waals surface area contributed by atoms with Gasteiger partial charge in [0, 0.05) is 49.4 Å². The second kappa shape index (κ2) is 8.08. The van der Waals surface area contributed by atoms with Gasteiger partial charge in [0.25, 0.3) is 5.91 Å². The van der Waals surface area contributed by atoms with E-state index in [-0.39, 0.29) is 5.91 Å². The number of para-hydroxylation sites is 1. The summed E-state index contributed by atoms with van der Waals surface area (Å²) in [6, 6.07) is 7.90. The Morgan fingerprint density at radius 3 is 2.72 bits per heavy atom. The molecule has 6 nitrogen and oxygen atoms in total. The maximum Gasteiger partial charge on any atom is 0.290 e. The fourth-order valence-corrected chi connectivity index (χ4v) is 5.67. The van der Waals surface area contributed by atoms with Gasteiger partial charge in [-0.15, -0.1) is 10.2 Å². The molecule has 8 heteroatoms. The van der Waals surface area contributed by atoms with Crippen LogP contribution in [0.2, 0.25) is 0 Å². The summed E-state index contributed by atoms with van der Waals surface area (Å²) in [5, 5.41) is 10.2. The first-order valence-electron chi connectivity index (χ1n) is 10.1. The van der Waals surface area contributed by atoms with Crippen LogP contribution in [-0.4, -0.2) is 58.6 Å². The average molecular weight is 429 g/mol. The number of hydrogen-bond acceptors (Lipinski definition) is 7. The van der Waals surface area contributed by atoms with Crippen LogP contribution in [0.4, 0.5) is 0 Å². The number of carbonyl (C=O) groups excluding carboxylic acids is 1. The predicted molar refractivity (Wildman–Crippen MR) is 115 cm³/mol. The van der Waals surface area contributed by atoms with Gasteiger partial charge in [-0.25, -0.2) is 0 Å². The van der Waals surface area contributed by atoms with Crippen molar-refractivity contribution in [2.24, 2.45) is 5.92 Å². The van der Waals surface area contributed by atoms with Crippen LogP contribution in [0.5, 0.6) is 0 Å². The van der Waals surface area contributed by atoms with Crippen molar-refractivity contribution in [3.8, 4) is 0 Å². The number of nitrogens with zero attached hydrogens (tertiary/aromatic N) is 4. The van der Waals surface area contributed by atoms with Crippen molar-refractivity contribution in [2.45, 2.75) is 29.9 Å². The van der Waals surface area contributed by atoms with Gasteiger partial charge >= 0.3 is 0 Å². The van der Waals surface area contributed by atoms with E-state index in [2.05, 4.69) is 15.1 Å². The number of fused-ring (bicyclic) bond motifs is 1. The summed E-state index contributed by atoms with van der Waals surface area (Å²) in [4.78, 5) is 17.8. The summed E-state index contributed by atoms with van der Waals surface area (Å²) >= 11 is 3.19. The van der Waals surface area contributed by atoms with E-state index in [0.29, 0.717) is 11.5 Å². The van der Waals surface area contributed by atoms with E-state index in [4.69, 9.17) is 4.42 Å². The first kappa shape index (κ1) is 19.1. The van der Waals surface area contributed by atoms with Crippen molar-refractivity contribution in [1.82, 2.24) is 20.0 Å². The number of aromatic nitrogens is 2. The van der Waals surface area contributed by atoms with Crippen LogP contribution < -0.4 is 0 Å². The summed E-state index contributed by atoms with van der Waals surface area (Å²) in [6.07, 6.45) is 2.74. The second-order valence-electron chi connectivity index (χ2n) is 7.82. The molecule has 0 radical (unpaired) electrons. The highest BCUT2D eigenvalue weighted by atomic mass is 32.2. The summed E-state index contributed by atoms with van der Waals surface area (Å²) < 4.78 is 6.98. The number of piperazine rings is 1. The molecular formula is C21H24N4O2S2. The molecule has 1 aromatic carbocycles. The van der Waals surface area contributed by atoms with Gasteiger partial charge in [-0.1, -0.05) is 41.3 Å². The van der Waals surface area contributed by atoms with Crippen LogP contribution in [0, 0.1) is 12.8 Å². The molecule has 152 valence electrons. The molecule has 2 aromatic heterocycles. The Labute approximate surface area is 178 Å². The predicted octanol–water partition coefficient (Wildman–Crippen LogP) is 4.05. The van der Waals surface area contributed by atoms with Crippen molar-refractivity contribution in [3.05, 3.63) is 40.6 Å². The number of benzene rings is 1. The van der Waals surface area contributed by atoms with Crippen LogP contribution in [0.3, 0.4) is 0 Å². The number of rotatable bonds is 6. The summed E-state index contributed by atoms with van der Waals surface area (Å²) in [7, 11) is 0. The second-order valence-corrected chi connectivity index (χ2v) is 10.2. The molecule has 29 heavy (non-hydrogen) atoms. The molecule has 1 aliphatic heterocycles. The molecule has 0 atom stereocenters. The lowest BCUT2D eigenvalue weighted by atomic mass is 10.1. The number of furan rings is 1. The van der Waals surface area contributed by atoms with Crippen LogP contribution in [0.15, 0.2) is 33.0 Å². The van der Waals surface area contributed by atoms with E-state index in [1.54, 1.807) is 23.1 Å². The molecule has 0 bridgehead atoms. The van der Waals surface area contributed by atoms with Gasteiger partial charge in [0.15, 0.2) is 10.1 Å². The van der Waals surface area contributed by atoms with Crippen LogP contribution >= 0.6 is 23.1 Å². The van der Waals surface area contributed by atoms with E-state index in [9.17, 15) is 4.79 Å². The number of amides is 1. The lowest BCUT2D eigenvalue weighted by Crippen LogP contribution is -2.49. The molecule has 1 aliphatic carbocycles. The summed E-state index contributed by atoms with van der Waals surface area (Å²) in [5.74, 6) is 2.03. The van der Waals surface area contributed by atoms with E-state index in [1.165, 1.54) is 19.4 Å². The summed E-state index contributed by atoms with van der Waals surface area (Å²) in [6.45, 7) is 6.59. The van der Waals surface area contributed by atoms with Gasteiger partial charge in [-0.05, 0) is 31.7 Å². The molecule has 0 unspecified atom stereocenters. The quantitative estimate of drug-likeness (QED) is 0.552. The first-order chi connectivity index (χ1) is 14.2. The zero-order chi connectivity index (χ0) is 19.8. The van der Waals surface area contributed by atoms with Gasteiger partial charge in [0.1, 0.15) is 10.6 Å². The molecule has 1 amide bonds. The molecule has 2 fully saturated rings. The van der Waals surface area contributed by atoms with Gasteiger partial charge in [-0.2, -0.15) is 0 Å². The highest BCUT2D eigenvalue weighted by molar-refractivity contribution is 8.00. The Balaban J connectivity index is 1.34. The summed E-state index contributed by atoms with van der Waals surface area (Å²) in [5.41, 5.74) is 1.73. The number of aryl methyl sites for hydroxylation is 1. The monoisotopic (exact) mass is 428 g/mol. The molecule has 1 saturated carbocycles. The van der Waals surface area contributed by atoms with E-state index < -0.39 is 0 Å². The fraction of sp³-hybridized carbons (Fsp3) is 0.476. The van der Waals surface area contributed by atoms with Crippen molar-refractivity contribution >= 4 is 40.0 Å². The van der Waals surface area contributed by atoms with Gasteiger partial charge in [0.2, 0.25) is 0 Å². The van der Waals surface area contributed by atoms with Crippen molar-refractivity contribution in [2.75, 3.05) is 32.7 Å². The topological polar surface area (TPSA) is 62.5 Å². The Hall–Kier alpha value is -1.90. The zero-order valence-electron chi connectivity index (χ0n) is 16.5. The molecule has 5 rings (SSSR count). The van der Waals surface area contributed by atoms with Crippen LogP contribution in [0.1, 0.15) is 34.0 Å². The first-order valence-corrected chi connectivity index (χ1v) is 11.9. The van der Waals surface area contributed by atoms with Gasteiger partial charge in [0.05, 0.1) is 0 Å². The molecule has 1 saturated heterocycles. The van der Waals surface area contributed by atoms with Gasteiger partial charge < -0.3 is 9.32 Å². The number of thioether (sulfide) groups is 1. The Morgan fingerprint density at radius 1 is 1.21 bits per heavy atom. The van der Waals surface area contributed by atoms with Crippen molar-refractivity contribution in [3.63, 3.8) is 0 Å². The van der Waals surface area contributed by atoms with Gasteiger partial charge in [-0.3, -0.25) is 9.69 Å². The third-order valence-electron chi connectivity index (χ3n) is 5.61. The maximum absolute atomic E-state index is 13.3. The molecule has 2 aliphatic rings. The smallest absolute Gasteiger partial charge is 0.290 e. The molecule has 0 spiro atoms. The SMILES string of the molecule is Cc1nnc(SCc2c(C(=O)N3CCN(CC4CC4)CC3)oc3ccccc23)s1. The third kappa shape index (κ3) is 4.20. The maximum atomic E-state index is 13.3. The van der Waals surface area contributed by atoms with Crippen molar-refractivity contribution < 1.29 is 9.21 Å². The minimum atomic E-state index is 0.0105. The third-order valence-corrected chi connectivity index (χ3v) is 7.61. The lowest BCUT2D eigenvalue weighted by molar-refractivity contribution is 0.0602. The minimum absolute atomic E-state index is 0.0105. The largest absolute Gasteiger partial charge is 0.451 e. The molecule has 0 N–H and O–H groups in total. The average Bonchev–Trinajstić information content (AvgIpc) is 3.33. The highest BCUT2D eigenvalue weighted by Crippen LogP contribution is 2.34. The fourth-order valence-electron chi connectivity index (χ4n) is 3.83. The Bertz CT molecular complexity index is 1020. The normalized spacial score (nSPS) is 17.9. The minimum Gasteiger partial charge on any atom is -0.451 e. The van der Waals surface area contributed by atoms with E-state index in [0.717, 1.165) is 58.0 Å². The zero-order valence-corrected chi connectivity index (χ0v) is 18.1. The Kier molecular flexibility index (Phi) is 5.32. The Morgan fingerprint density at radius 2 is 2.00 bits per heavy atom. The van der Waals surface area contributed by atoms with Crippen LogP contribution in [-0.2, 0) is 5.75 Å². The van der Waals surface area contributed by atoms with E-state index >= 15 is 0 Å².